The first kappa shape index (κ1) is 19.9. The van der Waals surface area contributed by atoms with Gasteiger partial charge in [0.2, 0.25) is 10.0 Å². The zero-order chi connectivity index (χ0) is 19.4. The molecule has 0 aliphatic carbocycles. The molecule has 6 nitrogen and oxygen atoms in total. The molecule has 1 aromatic carbocycles. The van der Waals surface area contributed by atoms with Crippen molar-refractivity contribution in [1.82, 2.24) is 14.5 Å². The molecule has 2 aromatic rings. The monoisotopic (exact) mass is 415 g/mol. The molecule has 1 aliphatic rings. The van der Waals surface area contributed by atoms with Crippen LogP contribution in [0.2, 0.25) is 0 Å². The zero-order valence-electron chi connectivity index (χ0n) is 14.4. The van der Waals surface area contributed by atoms with Gasteiger partial charge >= 0.3 is 0 Å². The van der Waals surface area contributed by atoms with E-state index in [1.807, 2.05) is 16.3 Å². The molecule has 1 fully saturated rings. The summed E-state index contributed by atoms with van der Waals surface area (Å²) < 4.78 is 53.0. The topological polar surface area (TPSA) is 69.7 Å². The molecule has 2 heterocycles. The van der Waals surface area contributed by atoms with Gasteiger partial charge < -0.3 is 4.90 Å². The lowest BCUT2D eigenvalue weighted by Crippen LogP contribution is -2.50. The Morgan fingerprint density at radius 2 is 1.78 bits per heavy atom. The van der Waals surface area contributed by atoms with Gasteiger partial charge in [-0.1, -0.05) is 6.07 Å². The number of carbonyl (C=O) groups excluding carboxylic acids is 1. The van der Waals surface area contributed by atoms with E-state index in [4.69, 9.17) is 0 Å². The number of halogens is 2. The summed E-state index contributed by atoms with van der Waals surface area (Å²) in [6.07, 6.45) is 0. The van der Waals surface area contributed by atoms with E-state index in [1.54, 1.807) is 11.0 Å². The molecule has 0 bridgehead atoms. The third kappa shape index (κ3) is 5.10. The summed E-state index contributed by atoms with van der Waals surface area (Å²) >= 11 is 1.41. The number of rotatable bonds is 6. The predicted octanol–water partition coefficient (Wildman–Crippen LogP) is 1.76. The van der Waals surface area contributed by atoms with Crippen LogP contribution >= 0.6 is 11.3 Å². The Bertz CT molecular complexity index is 876. The highest BCUT2D eigenvalue weighted by molar-refractivity contribution is 7.89. The zero-order valence-corrected chi connectivity index (χ0v) is 16.0. The van der Waals surface area contributed by atoms with Crippen LogP contribution < -0.4 is 4.72 Å². The van der Waals surface area contributed by atoms with Crippen molar-refractivity contribution in [2.45, 2.75) is 4.90 Å². The SMILES string of the molecule is O=C(c1cccs1)N1CCN(CCNS(=O)(=O)c2cc(F)cc(F)c2)CC1. The second-order valence-electron chi connectivity index (χ2n) is 6.11. The van der Waals surface area contributed by atoms with Crippen molar-refractivity contribution in [1.29, 1.82) is 0 Å². The van der Waals surface area contributed by atoms with Gasteiger partial charge in [-0.05, 0) is 23.6 Å². The summed E-state index contributed by atoms with van der Waals surface area (Å²) in [5.74, 6) is -1.87. The largest absolute Gasteiger partial charge is 0.335 e. The summed E-state index contributed by atoms with van der Waals surface area (Å²) in [5.41, 5.74) is 0. The van der Waals surface area contributed by atoms with E-state index < -0.39 is 26.6 Å². The van der Waals surface area contributed by atoms with Crippen LogP contribution in [0.3, 0.4) is 0 Å². The van der Waals surface area contributed by atoms with Gasteiger partial charge in [0.05, 0.1) is 9.77 Å². The maximum absolute atomic E-state index is 13.2. The van der Waals surface area contributed by atoms with Crippen molar-refractivity contribution in [3.8, 4) is 0 Å². The van der Waals surface area contributed by atoms with Gasteiger partial charge in [0, 0.05) is 45.3 Å². The Morgan fingerprint density at radius 1 is 1.11 bits per heavy atom. The lowest BCUT2D eigenvalue weighted by Gasteiger charge is -2.34. The first-order chi connectivity index (χ1) is 12.8. The molecule has 0 unspecified atom stereocenters. The van der Waals surface area contributed by atoms with Crippen LogP contribution in [0.15, 0.2) is 40.6 Å². The second-order valence-corrected chi connectivity index (χ2v) is 8.83. The van der Waals surface area contributed by atoms with E-state index in [-0.39, 0.29) is 12.5 Å². The quantitative estimate of drug-likeness (QED) is 0.781. The van der Waals surface area contributed by atoms with E-state index in [2.05, 4.69) is 4.72 Å². The maximum atomic E-state index is 13.2. The van der Waals surface area contributed by atoms with Crippen molar-refractivity contribution < 1.29 is 22.0 Å². The molecule has 0 atom stereocenters. The lowest BCUT2D eigenvalue weighted by atomic mass is 10.3. The molecule has 0 radical (unpaired) electrons. The van der Waals surface area contributed by atoms with Crippen LogP contribution in [0.1, 0.15) is 9.67 Å². The summed E-state index contributed by atoms with van der Waals surface area (Å²) in [7, 11) is -3.98. The first-order valence-corrected chi connectivity index (χ1v) is 10.7. The number of nitrogens with one attached hydrogen (secondary N) is 1. The molecule has 3 rings (SSSR count). The third-order valence-electron chi connectivity index (χ3n) is 4.26. The molecule has 146 valence electrons. The standard InChI is InChI=1S/C17H19F2N3O3S2/c18-13-10-14(19)12-15(11-13)27(24,25)20-3-4-21-5-7-22(8-6-21)17(23)16-2-1-9-26-16/h1-2,9-12,20H,3-8H2. The Hall–Kier alpha value is -1.88. The van der Waals surface area contributed by atoms with Gasteiger partial charge in [-0.2, -0.15) is 0 Å². The molecule has 1 N–H and O–H groups in total. The third-order valence-corrected chi connectivity index (χ3v) is 6.56. The lowest BCUT2D eigenvalue weighted by molar-refractivity contribution is 0.0645. The van der Waals surface area contributed by atoms with Crippen molar-refractivity contribution in [3.05, 3.63) is 52.2 Å². The summed E-state index contributed by atoms with van der Waals surface area (Å²) in [4.78, 5) is 16.4. The average molecular weight is 415 g/mol. The number of benzene rings is 1. The van der Waals surface area contributed by atoms with Gasteiger partial charge in [0.25, 0.3) is 5.91 Å². The smallest absolute Gasteiger partial charge is 0.264 e. The molecule has 0 saturated carbocycles. The van der Waals surface area contributed by atoms with Gasteiger partial charge in [-0.25, -0.2) is 21.9 Å². The maximum Gasteiger partial charge on any atom is 0.264 e. The molecular weight excluding hydrogens is 396 g/mol. The van der Waals surface area contributed by atoms with Crippen LogP contribution in [-0.4, -0.2) is 63.4 Å². The van der Waals surface area contributed by atoms with Gasteiger partial charge in [-0.3, -0.25) is 9.69 Å². The van der Waals surface area contributed by atoms with Crippen LogP contribution in [0.5, 0.6) is 0 Å². The van der Waals surface area contributed by atoms with Crippen LogP contribution in [0.25, 0.3) is 0 Å². The summed E-state index contributed by atoms with van der Waals surface area (Å²) in [6.45, 7) is 2.95. The number of piperazine rings is 1. The molecule has 0 spiro atoms. The number of carbonyl (C=O) groups is 1. The van der Waals surface area contributed by atoms with Gasteiger partial charge in [0.15, 0.2) is 0 Å². The van der Waals surface area contributed by atoms with Crippen molar-refractivity contribution in [2.24, 2.45) is 0 Å². The Morgan fingerprint density at radius 3 is 2.37 bits per heavy atom. The van der Waals surface area contributed by atoms with Gasteiger partial charge in [-0.15, -0.1) is 11.3 Å². The molecule has 27 heavy (non-hydrogen) atoms. The van der Waals surface area contributed by atoms with E-state index in [0.717, 1.165) is 12.1 Å². The average Bonchev–Trinajstić information content (AvgIpc) is 3.15. The Kier molecular flexibility index (Phi) is 6.20. The van der Waals surface area contributed by atoms with Crippen LogP contribution in [-0.2, 0) is 10.0 Å². The number of thiophene rings is 1. The van der Waals surface area contributed by atoms with Crippen molar-refractivity contribution in [3.63, 3.8) is 0 Å². The molecule has 1 aromatic heterocycles. The van der Waals surface area contributed by atoms with E-state index in [0.29, 0.717) is 43.7 Å². The highest BCUT2D eigenvalue weighted by Crippen LogP contribution is 2.15. The number of hydrogen-bond donors (Lipinski definition) is 1. The van der Waals surface area contributed by atoms with Crippen LogP contribution in [0, 0.1) is 11.6 Å². The minimum absolute atomic E-state index is 0.0125. The van der Waals surface area contributed by atoms with E-state index in [1.165, 1.54) is 11.3 Å². The van der Waals surface area contributed by atoms with Gasteiger partial charge in [0.1, 0.15) is 11.6 Å². The number of sulfonamides is 1. The van der Waals surface area contributed by atoms with Crippen molar-refractivity contribution in [2.75, 3.05) is 39.3 Å². The molecular formula is C17H19F2N3O3S2. The highest BCUT2D eigenvalue weighted by Gasteiger charge is 2.23. The van der Waals surface area contributed by atoms with E-state index in [9.17, 15) is 22.0 Å². The molecule has 1 aliphatic heterocycles. The fourth-order valence-electron chi connectivity index (χ4n) is 2.84. The van der Waals surface area contributed by atoms with Crippen LogP contribution in [0.4, 0.5) is 8.78 Å². The Balaban J connectivity index is 1.47. The number of nitrogens with zero attached hydrogens (tertiary/aromatic N) is 2. The van der Waals surface area contributed by atoms with E-state index >= 15 is 0 Å². The number of amides is 1. The highest BCUT2D eigenvalue weighted by atomic mass is 32.2. The molecule has 1 amide bonds. The molecule has 10 heteroatoms. The second kappa shape index (κ2) is 8.42. The Labute approximate surface area is 160 Å². The summed E-state index contributed by atoms with van der Waals surface area (Å²) in [6, 6.07) is 5.81. The normalized spacial score (nSPS) is 15.9. The fraction of sp³-hybridized carbons (Fsp3) is 0.353. The number of hydrogen-bond acceptors (Lipinski definition) is 5. The minimum atomic E-state index is -3.98. The minimum Gasteiger partial charge on any atom is -0.335 e. The first-order valence-electron chi connectivity index (χ1n) is 8.36. The molecule has 1 saturated heterocycles. The summed E-state index contributed by atoms with van der Waals surface area (Å²) in [5, 5.41) is 1.86. The van der Waals surface area contributed by atoms with Crippen molar-refractivity contribution >= 4 is 27.3 Å². The predicted molar refractivity (Wildman–Crippen MR) is 98.2 cm³/mol. The fourth-order valence-corrected chi connectivity index (χ4v) is 4.59.